The molecule has 2 aromatic carbocycles. The highest BCUT2D eigenvalue weighted by Crippen LogP contribution is 2.21. The van der Waals surface area contributed by atoms with Gasteiger partial charge in [0.05, 0.1) is 6.04 Å². The molecule has 1 saturated heterocycles. The minimum atomic E-state index is -0.168. The summed E-state index contributed by atoms with van der Waals surface area (Å²) in [4.78, 5) is 17.0. The Morgan fingerprint density at radius 1 is 1.08 bits per heavy atom. The van der Waals surface area contributed by atoms with Gasteiger partial charge in [0.15, 0.2) is 0 Å². The third-order valence-corrected chi connectivity index (χ3v) is 5.43. The molecule has 4 nitrogen and oxygen atoms in total. The van der Waals surface area contributed by atoms with Crippen LogP contribution in [-0.2, 0) is 11.3 Å². The molecule has 0 spiro atoms. The molecule has 0 bridgehead atoms. The van der Waals surface area contributed by atoms with E-state index in [1.54, 1.807) is 0 Å². The lowest BCUT2D eigenvalue weighted by atomic mass is 10.2. The summed E-state index contributed by atoms with van der Waals surface area (Å²) in [6.07, 6.45) is 0. The van der Waals surface area contributed by atoms with Crippen LogP contribution in [0.25, 0.3) is 0 Å². The molecular weight excluding hydrogens is 369 g/mol. The van der Waals surface area contributed by atoms with Gasteiger partial charge in [0, 0.05) is 48.5 Å². The van der Waals surface area contributed by atoms with E-state index < -0.39 is 0 Å². The van der Waals surface area contributed by atoms with E-state index in [0.717, 1.165) is 42.5 Å². The number of anilines is 1. The largest absolute Gasteiger partial charge is 0.369 e. The highest BCUT2D eigenvalue weighted by atomic mass is 35.5. The maximum absolute atomic E-state index is 12.5. The van der Waals surface area contributed by atoms with Gasteiger partial charge in [0.1, 0.15) is 0 Å². The maximum Gasteiger partial charge on any atom is 0.237 e. The summed E-state index contributed by atoms with van der Waals surface area (Å²) < 4.78 is 0. The van der Waals surface area contributed by atoms with Gasteiger partial charge in [0.25, 0.3) is 0 Å². The molecule has 1 aliphatic rings. The quantitative estimate of drug-likeness (QED) is 0.841. The average Bonchev–Trinajstić information content (AvgIpc) is 2.66. The zero-order valence-electron chi connectivity index (χ0n) is 14.8. The van der Waals surface area contributed by atoms with Crippen LogP contribution >= 0.6 is 23.2 Å². The number of benzene rings is 2. The normalized spacial score (nSPS) is 16.3. The van der Waals surface area contributed by atoms with Crippen molar-refractivity contribution in [3.05, 3.63) is 64.1 Å². The van der Waals surface area contributed by atoms with E-state index in [1.807, 2.05) is 49.4 Å². The topological polar surface area (TPSA) is 35.6 Å². The molecule has 0 radical (unpaired) electrons. The van der Waals surface area contributed by atoms with Crippen LogP contribution in [0.3, 0.4) is 0 Å². The number of rotatable bonds is 5. The molecule has 1 N–H and O–H groups in total. The number of piperazine rings is 1. The van der Waals surface area contributed by atoms with Gasteiger partial charge >= 0.3 is 0 Å². The first-order valence-electron chi connectivity index (χ1n) is 8.80. The average molecular weight is 392 g/mol. The predicted octanol–water partition coefficient (Wildman–Crippen LogP) is 3.82. The zero-order chi connectivity index (χ0) is 18.5. The lowest BCUT2D eigenvalue weighted by molar-refractivity contribution is -0.126. The molecule has 26 heavy (non-hydrogen) atoms. The van der Waals surface area contributed by atoms with Crippen molar-refractivity contribution in [2.45, 2.75) is 19.5 Å². The van der Waals surface area contributed by atoms with Gasteiger partial charge in [-0.05, 0) is 36.8 Å². The van der Waals surface area contributed by atoms with Gasteiger partial charge in [0.2, 0.25) is 5.91 Å². The maximum atomic E-state index is 12.5. The van der Waals surface area contributed by atoms with Crippen molar-refractivity contribution in [1.82, 2.24) is 10.2 Å². The fraction of sp³-hybridized carbons (Fsp3) is 0.350. The first kappa shape index (κ1) is 19.0. The summed E-state index contributed by atoms with van der Waals surface area (Å²) in [5, 5.41) is 4.42. The van der Waals surface area contributed by atoms with Crippen molar-refractivity contribution >= 4 is 34.8 Å². The number of carbonyl (C=O) groups is 1. The lowest BCUT2D eigenvalue weighted by Crippen LogP contribution is -2.53. The molecule has 1 fully saturated rings. The SMILES string of the molecule is C[C@H](C(=O)NCc1ccccc1Cl)N1CCN(c2cccc(Cl)c2)CC1. The Hall–Kier alpha value is -1.75. The Morgan fingerprint density at radius 3 is 2.50 bits per heavy atom. The summed E-state index contributed by atoms with van der Waals surface area (Å²) in [6, 6.07) is 15.3. The number of hydrogen-bond donors (Lipinski definition) is 1. The van der Waals surface area contributed by atoms with E-state index in [1.165, 1.54) is 0 Å². The van der Waals surface area contributed by atoms with E-state index >= 15 is 0 Å². The van der Waals surface area contributed by atoms with Crippen molar-refractivity contribution in [1.29, 1.82) is 0 Å². The Balaban J connectivity index is 1.50. The van der Waals surface area contributed by atoms with E-state index in [0.29, 0.717) is 11.6 Å². The lowest BCUT2D eigenvalue weighted by Gasteiger charge is -2.38. The van der Waals surface area contributed by atoms with E-state index in [9.17, 15) is 4.79 Å². The summed E-state index contributed by atoms with van der Waals surface area (Å²) in [5.74, 6) is 0.0288. The molecule has 6 heteroatoms. The molecule has 2 aromatic rings. The first-order chi connectivity index (χ1) is 12.5. The van der Waals surface area contributed by atoms with E-state index in [-0.39, 0.29) is 11.9 Å². The minimum Gasteiger partial charge on any atom is -0.369 e. The van der Waals surface area contributed by atoms with Gasteiger partial charge < -0.3 is 10.2 Å². The van der Waals surface area contributed by atoms with Crippen LogP contribution in [0.5, 0.6) is 0 Å². The molecule has 0 aliphatic carbocycles. The molecule has 1 atom stereocenters. The smallest absolute Gasteiger partial charge is 0.237 e. The molecule has 138 valence electrons. The van der Waals surface area contributed by atoms with Crippen molar-refractivity contribution < 1.29 is 4.79 Å². The fourth-order valence-electron chi connectivity index (χ4n) is 3.18. The van der Waals surface area contributed by atoms with Gasteiger partial charge in [-0.3, -0.25) is 9.69 Å². The first-order valence-corrected chi connectivity index (χ1v) is 9.56. The Bertz CT molecular complexity index is 760. The number of halogens is 2. The summed E-state index contributed by atoms with van der Waals surface area (Å²) >= 11 is 12.2. The monoisotopic (exact) mass is 391 g/mol. The summed E-state index contributed by atoms with van der Waals surface area (Å²) in [6.45, 7) is 5.84. The second-order valence-electron chi connectivity index (χ2n) is 6.49. The van der Waals surface area contributed by atoms with Crippen molar-refractivity contribution in [2.75, 3.05) is 31.1 Å². The highest BCUT2D eigenvalue weighted by Gasteiger charge is 2.25. The Labute approximate surface area is 164 Å². The molecule has 3 rings (SSSR count). The van der Waals surface area contributed by atoms with Crippen LogP contribution in [0.1, 0.15) is 12.5 Å². The van der Waals surface area contributed by atoms with Crippen molar-refractivity contribution in [3.63, 3.8) is 0 Å². The number of hydrogen-bond acceptors (Lipinski definition) is 3. The standard InChI is InChI=1S/C20H23Cl2N3O/c1-15(20(26)23-14-16-5-2-3-8-19(16)22)24-9-11-25(12-10-24)18-7-4-6-17(21)13-18/h2-8,13,15H,9-12,14H2,1H3,(H,23,26)/t15-/m1/s1. The zero-order valence-corrected chi connectivity index (χ0v) is 16.3. The van der Waals surface area contributed by atoms with Crippen LogP contribution in [-0.4, -0.2) is 43.0 Å². The Kier molecular flexibility index (Phi) is 6.41. The molecule has 1 aliphatic heterocycles. The number of nitrogens with zero attached hydrogens (tertiary/aromatic N) is 2. The van der Waals surface area contributed by atoms with Crippen molar-refractivity contribution in [3.8, 4) is 0 Å². The fourth-order valence-corrected chi connectivity index (χ4v) is 3.56. The number of nitrogens with one attached hydrogen (secondary N) is 1. The van der Waals surface area contributed by atoms with Gasteiger partial charge in [-0.25, -0.2) is 0 Å². The van der Waals surface area contributed by atoms with Crippen LogP contribution in [0, 0.1) is 0 Å². The molecule has 0 aromatic heterocycles. The van der Waals surface area contributed by atoms with Gasteiger partial charge in [-0.2, -0.15) is 0 Å². The summed E-state index contributed by atoms with van der Waals surface area (Å²) in [5.41, 5.74) is 2.06. The van der Waals surface area contributed by atoms with Crippen LogP contribution in [0.2, 0.25) is 10.0 Å². The van der Waals surface area contributed by atoms with Gasteiger partial charge in [-0.15, -0.1) is 0 Å². The number of amides is 1. The van der Waals surface area contributed by atoms with Crippen LogP contribution in [0.4, 0.5) is 5.69 Å². The summed E-state index contributed by atoms with van der Waals surface area (Å²) in [7, 11) is 0. The second kappa shape index (κ2) is 8.76. The van der Waals surface area contributed by atoms with Crippen LogP contribution in [0.15, 0.2) is 48.5 Å². The highest BCUT2D eigenvalue weighted by molar-refractivity contribution is 6.31. The molecule has 0 saturated carbocycles. The minimum absolute atomic E-state index is 0.0288. The van der Waals surface area contributed by atoms with E-state index in [4.69, 9.17) is 23.2 Å². The molecular formula is C20H23Cl2N3O. The molecule has 1 amide bonds. The molecule has 1 heterocycles. The second-order valence-corrected chi connectivity index (χ2v) is 7.33. The predicted molar refractivity (Wildman–Crippen MR) is 108 cm³/mol. The molecule has 0 unspecified atom stereocenters. The third-order valence-electron chi connectivity index (χ3n) is 4.83. The van der Waals surface area contributed by atoms with Crippen LogP contribution < -0.4 is 10.2 Å². The van der Waals surface area contributed by atoms with Gasteiger partial charge in [-0.1, -0.05) is 47.5 Å². The van der Waals surface area contributed by atoms with E-state index in [2.05, 4.69) is 21.2 Å². The third kappa shape index (κ3) is 4.70. The Morgan fingerprint density at radius 2 is 1.81 bits per heavy atom. The van der Waals surface area contributed by atoms with Crippen molar-refractivity contribution in [2.24, 2.45) is 0 Å². The number of carbonyl (C=O) groups excluding carboxylic acids is 1.